The van der Waals surface area contributed by atoms with Crippen molar-refractivity contribution in [1.82, 2.24) is 9.88 Å². The van der Waals surface area contributed by atoms with Gasteiger partial charge >= 0.3 is 0 Å². The predicted molar refractivity (Wildman–Crippen MR) is 83.6 cm³/mol. The van der Waals surface area contributed by atoms with Gasteiger partial charge in [0.05, 0.1) is 5.52 Å². The van der Waals surface area contributed by atoms with Gasteiger partial charge in [0, 0.05) is 22.9 Å². The number of rotatable bonds is 4. The molecule has 1 saturated heterocycles. The Kier molecular flexibility index (Phi) is 3.99. The van der Waals surface area contributed by atoms with Gasteiger partial charge in [0.15, 0.2) is 0 Å². The predicted octanol–water partition coefficient (Wildman–Crippen LogP) is 3.51. The van der Waals surface area contributed by atoms with E-state index in [0.29, 0.717) is 0 Å². The van der Waals surface area contributed by atoms with Crippen LogP contribution in [0.1, 0.15) is 12.8 Å². The number of nitrogens with zero attached hydrogens (tertiary/aromatic N) is 2. The first-order valence-corrected chi connectivity index (χ1v) is 7.63. The largest absolute Gasteiger partial charge is 0.369 e. The Hall–Kier alpha value is -1.13. The summed E-state index contributed by atoms with van der Waals surface area (Å²) in [7, 11) is 0. The van der Waals surface area contributed by atoms with Crippen molar-refractivity contribution in [2.24, 2.45) is 0 Å². The van der Waals surface area contributed by atoms with E-state index in [1.165, 1.54) is 31.3 Å². The first-order valence-electron chi connectivity index (χ1n) is 6.84. The summed E-state index contributed by atoms with van der Waals surface area (Å²) in [6.07, 6.45) is 2.70. The van der Waals surface area contributed by atoms with Crippen molar-refractivity contribution in [2.75, 3.05) is 31.5 Å². The van der Waals surface area contributed by atoms with E-state index < -0.39 is 0 Å². The van der Waals surface area contributed by atoms with Crippen LogP contribution in [0.15, 0.2) is 34.8 Å². The Morgan fingerprint density at radius 1 is 1.16 bits per heavy atom. The second-order valence-electron chi connectivity index (χ2n) is 5.01. The summed E-state index contributed by atoms with van der Waals surface area (Å²) in [4.78, 5) is 7.15. The van der Waals surface area contributed by atoms with Gasteiger partial charge in [0.2, 0.25) is 0 Å². The monoisotopic (exact) mass is 319 g/mol. The number of halogens is 1. The fraction of sp³-hybridized carbons (Fsp3) is 0.400. The summed E-state index contributed by atoms with van der Waals surface area (Å²) in [6, 6.07) is 10.4. The van der Waals surface area contributed by atoms with Gasteiger partial charge in [-0.1, -0.05) is 22.0 Å². The Balaban J connectivity index is 1.63. The number of aromatic nitrogens is 1. The summed E-state index contributed by atoms with van der Waals surface area (Å²) in [6.45, 7) is 4.57. The van der Waals surface area contributed by atoms with Crippen molar-refractivity contribution >= 4 is 32.7 Å². The number of nitrogens with one attached hydrogen (secondary N) is 1. The molecule has 1 aliphatic rings. The normalized spacial score (nSPS) is 16.1. The van der Waals surface area contributed by atoms with Crippen LogP contribution in [0.25, 0.3) is 10.9 Å². The summed E-state index contributed by atoms with van der Waals surface area (Å²) >= 11 is 3.49. The zero-order chi connectivity index (χ0) is 13.1. The van der Waals surface area contributed by atoms with E-state index in [4.69, 9.17) is 0 Å². The number of fused-ring (bicyclic) bond motifs is 1. The standard InChI is InChI=1S/C15H18BrN3/c16-13-5-3-12-4-6-15(18-14(12)11-13)17-7-10-19-8-1-2-9-19/h3-6,11H,1-2,7-10H2,(H,17,18). The minimum Gasteiger partial charge on any atom is -0.369 e. The van der Waals surface area contributed by atoms with Gasteiger partial charge in [-0.15, -0.1) is 0 Å². The lowest BCUT2D eigenvalue weighted by Gasteiger charge is -2.15. The maximum absolute atomic E-state index is 4.64. The maximum atomic E-state index is 4.64. The molecule has 0 bridgehead atoms. The van der Waals surface area contributed by atoms with E-state index in [1.54, 1.807) is 0 Å². The topological polar surface area (TPSA) is 28.2 Å². The van der Waals surface area contributed by atoms with Crippen LogP contribution < -0.4 is 5.32 Å². The first-order chi connectivity index (χ1) is 9.31. The molecule has 2 aromatic rings. The smallest absolute Gasteiger partial charge is 0.126 e. The highest BCUT2D eigenvalue weighted by Gasteiger charge is 2.10. The summed E-state index contributed by atoms with van der Waals surface area (Å²) in [5, 5.41) is 4.59. The van der Waals surface area contributed by atoms with Gasteiger partial charge in [-0.25, -0.2) is 4.98 Å². The van der Waals surface area contributed by atoms with Crippen molar-refractivity contribution in [3.05, 3.63) is 34.8 Å². The maximum Gasteiger partial charge on any atom is 0.126 e. The highest BCUT2D eigenvalue weighted by Crippen LogP contribution is 2.19. The average molecular weight is 320 g/mol. The number of hydrogen-bond donors (Lipinski definition) is 1. The molecule has 19 heavy (non-hydrogen) atoms. The van der Waals surface area contributed by atoms with Crippen LogP contribution in [0, 0.1) is 0 Å². The molecule has 1 aromatic carbocycles. The highest BCUT2D eigenvalue weighted by atomic mass is 79.9. The van der Waals surface area contributed by atoms with Crippen LogP contribution in [-0.2, 0) is 0 Å². The first kappa shape index (κ1) is 12.9. The Morgan fingerprint density at radius 2 is 1.95 bits per heavy atom. The van der Waals surface area contributed by atoms with E-state index >= 15 is 0 Å². The molecule has 0 spiro atoms. The molecular formula is C15H18BrN3. The van der Waals surface area contributed by atoms with E-state index in [1.807, 2.05) is 6.07 Å². The van der Waals surface area contributed by atoms with Crippen LogP contribution >= 0.6 is 15.9 Å². The van der Waals surface area contributed by atoms with Crippen LogP contribution in [0.4, 0.5) is 5.82 Å². The van der Waals surface area contributed by atoms with Crippen molar-refractivity contribution in [3.8, 4) is 0 Å². The van der Waals surface area contributed by atoms with Gasteiger partial charge in [-0.05, 0) is 50.2 Å². The molecule has 0 saturated carbocycles. The highest BCUT2D eigenvalue weighted by molar-refractivity contribution is 9.10. The second-order valence-corrected chi connectivity index (χ2v) is 5.92. The van der Waals surface area contributed by atoms with Crippen LogP contribution in [0.5, 0.6) is 0 Å². The fourth-order valence-electron chi connectivity index (χ4n) is 2.54. The third-order valence-corrected chi connectivity index (χ3v) is 4.08. The van der Waals surface area contributed by atoms with Gasteiger partial charge in [-0.3, -0.25) is 0 Å². The van der Waals surface area contributed by atoms with Gasteiger partial charge in [-0.2, -0.15) is 0 Å². The molecule has 1 N–H and O–H groups in total. The van der Waals surface area contributed by atoms with Crippen molar-refractivity contribution in [2.45, 2.75) is 12.8 Å². The zero-order valence-electron chi connectivity index (χ0n) is 10.9. The Labute approximate surface area is 122 Å². The van der Waals surface area contributed by atoms with Crippen molar-refractivity contribution in [1.29, 1.82) is 0 Å². The quantitative estimate of drug-likeness (QED) is 0.934. The molecule has 3 rings (SSSR count). The molecule has 1 aromatic heterocycles. The molecule has 4 heteroatoms. The molecule has 100 valence electrons. The number of pyridine rings is 1. The lowest BCUT2D eigenvalue weighted by molar-refractivity contribution is 0.352. The van der Waals surface area contributed by atoms with E-state index in [-0.39, 0.29) is 0 Å². The summed E-state index contributed by atoms with van der Waals surface area (Å²) < 4.78 is 1.07. The van der Waals surface area contributed by atoms with Crippen LogP contribution in [0.3, 0.4) is 0 Å². The number of likely N-dealkylation sites (tertiary alicyclic amines) is 1. The molecule has 3 nitrogen and oxygen atoms in total. The Morgan fingerprint density at radius 3 is 2.79 bits per heavy atom. The second kappa shape index (κ2) is 5.88. The van der Waals surface area contributed by atoms with Crippen LogP contribution in [-0.4, -0.2) is 36.1 Å². The van der Waals surface area contributed by atoms with Crippen molar-refractivity contribution in [3.63, 3.8) is 0 Å². The molecule has 2 heterocycles. The van der Waals surface area contributed by atoms with Crippen molar-refractivity contribution < 1.29 is 0 Å². The molecular weight excluding hydrogens is 302 g/mol. The minimum atomic E-state index is 0.963. The van der Waals surface area contributed by atoms with E-state index in [0.717, 1.165) is 28.9 Å². The molecule has 0 amide bonds. The lowest BCUT2D eigenvalue weighted by Crippen LogP contribution is -2.26. The number of benzene rings is 1. The Bertz CT molecular complexity index is 564. The van der Waals surface area contributed by atoms with Gasteiger partial charge in [0.1, 0.15) is 5.82 Å². The van der Waals surface area contributed by atoms with E-state index in [2.05, 4.69) is 55.4 Å². The van der Waals surface area contributed by atoms with Gasteiger partial charge in [0.25, 0.3) is 0 Å². The molecule has 1 aliphatic heterocycles. The third kappa shape index (κ3) is 3.25. The fourth-order valence-corrected chi connectivity index (χ4v) is 2.89. The average Bonchev–Trinajstić information content (AvgIpc) is 2.91. The van der Waals surface area contributed by atoms with E-state index in [9.17, 15) is 0 Å². The van der Waals surface area contributed by atoms with Crippen LogP contribution in [0.2, 0.25) is 0 Å². The summed E-state index contributed by atoms with van der Waals surface area (Å²) in [5.41, 5.74) is 1.03. The molecule has 0 atom stereocenters. The number of anilines is 1. The molecule has 0 radical (unpaired) electrons. The molecule has 0 aliphatic carbocycles. The third-order valence-electron chi connectivity index (χ3n) is 3.59. The molecule has 1 fully saturated rings. The molecule has 0 unspecified atom stereocenters. The lowest BCUT2D eigenvalue weighted by atomic mass is 10.2. The minimum absolute atomic E-state index is 0.963. The number of hydrogen-bond acceptors (Lipinski definition) is 3. The zero-order valence-corrected chi connectivity index (χ0v) is 12.5. The summed E-state index contributed by atoms with van der Waals surface area (Å²) in [5.74, 6) is 0.963. The van der Waals surface area contributed by atoms with Gasteiger partial charge < -0.3 is 10.2 Å². The SMILES string of the molecule is Brc1ccc2ccc(NCCN3CCCC3)nc2c1.